The number of hydrogen-bond donors (Lipinski definition) is 0. The van der Waals surface area contributed by atoms with Gasteiger partial charge in [0.2, 0.25) is 0 Å². The Morgan fingerprint density at radius 3 is 1.07 bits per heavy atom. The summed E-state index contributed by atoms with van der Waals surface area (Å²) in [5.74, 6) is 0. The summed E-state index contributed by atoms with van der Waals surface area (Å²) in [6.45, 7) is 18.1. The van der Waals surface area contributed by atoms with E-state index in [9.17, 15) is 0 Å². The molecule has 0 bridgehead atoms. The van der Waals surface area contributed by atoms with Gasteiger partial charge in [0.05, 0.1) is 0 Å². The maximum absolute atomic E-state index is 2.87. The molecule has 0 N–H and O–H groups in total. The second-order valence-electron chi connectivity index (χ2n) is 14.0. The number of aromatic nitrogens is 1. The van der Waals surface area contributed by atoms with Gasteiger partial charge in [-0.25, -0.2) is 0 Å². The minimum atomic E-state index is -2.46. The molecule has 0 aliphatic carbocycles. The van der Waals surface area contributed by atoms with E-state index in [0.717, 1.165) is 0 Å². The van der Waals surface area contributed by atoms with Crippen LogP contribution in [-0.2, 0) is 6.54 Å². The number of hydrogen-bond acceptors (Lipinski definition) is 2. The van der Waals surface area contributed by atoms with Gasteiger partial charge in [-0.2, -0.15) is 0 Å². The van der Waals surface area contributed by atoms with Crippen molar-refractivity contribution in [2.75, 3.05) is 0 Å². The van der Waals surface area contributed by atoms with Crippen molar-refractivity contribution in [2.24, 2.45) is 0 Å². The Morgan fingerprint density at radius 1 is 0.442 bits per heavy atom. The molecular formula is C38H69NS2Sn2. The van der Waals surface area contributed by atoms with Crippen LogP contribution in [-0.4, -0.2) is 41.3 Å². The number of rotatable bonds is 25. The fourth-order valence-electron chi connectivity index (χ4n) is 7.66. The summed E-state index contributed by atoms with van der Waals surface area (Å²) in [5, 5.41) is 0. The van der Waals surface area contributed by atoms with Crippen LogP contribution in [0.25, 0.3) is 20.4 Å². The summed E-state index contributed by atoms with van der Waals surface area (Å²) in [5.41, 5.74) is 3.29. The van der Waals surface area contributed by atoms with E-state index in [0.29, 0.717) is 0 Å². The van der Waals surface area contributed by atoms with Gasteiger partial charge in [0.1, 0.15) is 0 Å². The van der Waals surface area contributed by atoms with Crippen molar-refractivity contribution in [3.63, 3.8) is 0 Å². The minimum absolute atomic E-state index is 1.23. The van der Waals surface area contributed by atoms with Crippen LogP contribution in [0.1, 0.15) is 151 Å². The molecule has 3 aromatic heterocycles. The molecule has 0 saturated carbocycles. The van der Waals surface area contributed by atoms with Crippen LogP contribution < -0.4 is 5.79 Å². The van der Waals surface area contributed by atoms with E-state index < -0.39 is 36.8 Å². The fraction of sp³-hybridized carbons (Fsp3) is 0.789. The van der Waals surface area contributed by atoms with Crippen LogP contribution >= 0.6 is 22.7 Å². The Bertz CT molecular complexity index is 1040. The van der Waals surface area contributed by atoms with E-state index in [4.69, 9.17) is 0 Å². The molecule has 0 aliphatic rings. The zero-order valence-corrected chi connectivity index (χ0v) is 37.0. The van der Waals surface area contributed by atoms with Crippen LogP contribution in [0, 0.1) is 0 Å². The van der Waals surface area contributed by atoms with Crippen molar-refractivity contribution < 1.29 is 0 Å². The Labute approximate surface area is 284 Å². The van der Waals surface area contributed by atoms with Crippen LogP contribution in [0.15, 0.2) is 12.1 Å². The van der Waals surface area contributed by atoms with E-state index in [1.807, 2.05) is 5.79 Å². The first-order valence-electron chi connectivity index (χ1n) is 19.1. The molecular weight excluding hydrogens is 772 g/mol. The number of aryl methyl sites for hydroxylation is 1. The van der Waals surface area contributed by atoms with Gasteiger partial charge in [-0.05, 0) is 0 Å². The third-order valence-electron chi connectivity index (χ3n) is 10.5. The Hall–Kier alpha value is 0.797. The molecule has 0 aromatic carbocycles. The summed E-state index contributed by atoms with van der Waals surface area (Å²) in [6.07, 6.45) is 22.4. The quantitative estimate of drug-likeness (QED) is 0.0592. The fourth-order valence-corrected chi connectivity index (χ4v) is 48.3. The zero-order valence-electron chi connectivity index (χ0n) is 29.7. The van der Waals surface area contributed by atoms with Crippen molar-refractivity contribution in [2.45, 2.75) is 184 Å². The van der Waals surface area contributed by atoms with Crippen LogP contribution in [0.4, 0.5) is 0 Å². The molecule has 0 spiro atoms. The average molecular weight is 842 g/mol. The van der Waals surface area contributed by atoms with Gasteiger partial charge >= 0.3 is 287 Å². The molecule has 0 saturated heterocycles. The van der Waals surface area contributed by atoms with E-state index in [2.05, 4.69) is 87.8 Å². The summed E-state index contributed by atoms with van der Waals surface area (Å²) in [4.78, 5) is 0. The molecule has 0 amide bonds. The molecule has 5 heteroatoms. The van der Waals surface area contributed by atoms with E-state index in [-0.39, 0.29) is 0 Å². The number of nitrogens with zero attached hydrogens (tertiary/aromatic N) is 1. The third-order valence-corrected chi connectivity index (χ3v) is 49.4. The number of unbranched alkanes of at least 4 members (excludes halogenated alkanes) is 9. The Kier molecular flexibility index (Phi) is 18.0. The molecule has 0 atom stereocenters. The van der Waals surface area contributed by atoms with Crippen LogP contribution in [0.3, 0.4) is 0 Å². The van der Waals surface area contributed by atoms with Gasteiger partial charge in [0.25, 0.3) is 0 Å². The van der Waals surface area contributed by atoms with Crippen LogP contribution in [0.5, 0.6) is 0 Å². The summed E-state index contributed by atoms with van der Waals surface area (Å²) in [7, 11) is 0. The standard InChI is InChI=1S/C14H15NS2.6C4H9.2Sn/c1-2-3-4-5-8-15-11-6-9-16-13(11)14-12(15)7-10-17-14;6*1-3-4-2;;/h6-7H,2-5,8H2,1H3;6*1,3-4H2,2H3;;. The van der Waals surface area contributed by atoms with Gasteiger partial charge in [0, 0.05) is 0 Å². The average Bonchev–Trinajstić information content (AvgIpc) is 3.72. The Balaban J connectivity index is 2.22. The summed E-state index contributed by atoms with van der Waals surface area (Å²) >= 11 is -0.251. The van der Waals surface area contributed by atoms with Gasteiger partial charge in [-0.15, -0.1) is 0 Å². The first-order chi connectivity index (χ1) is 21.0. The molecule has 3 aromatic rings. The van der Waals surface area contributed by atoms with Crippen molar-refractivity contribution in [1.82, 2.24) is 4.57 Å². The van der Waals surface area contributed by atoms with Crippen molar-refractivity contribution >= 4 is 85.6 Å². The molecule has 3 rings (SSSR count). The van der Waals surface area contributed by atoms with E-state index in [1.54, 1.807) is 47.1 Å². The predicted octanol–water partition coefficient (Wildman–Crippen LogP) is 13.6. The van der Waals surface area contributed by atoms with Gasteiger partial charge in [0.15, 0.2) is 0 Å². The SMILES string of the molecule is CCCCCCn1c2c[c]([Sn]([CH2]CCC)([CH2]CCC)[CH2]CCC)sc2c2s[c]([Sn]([CH2]CCC)([CH2]CCC)[CH2]CCC)cc21. The Morgan fingerprint density at radius 2 is 0.767 bits per heavy atom. The molecule has 1 nitrogen and oxygen atoms in total. The second kappa shape index (κ2) is 20.2. The first-order valence-corrected chi connectivity index (χ1v) is 35.7. The molecule has 246 valence electrons. The van der Waals surface area contributed by atoms with Crippen molar-refractivity contribution in [1.29, 1.82) is 0 Å². The van der Waals surface area contributed by atoms with Crippen molar-refractivity contribution in [3.8, 4) is 0 Å². The summed E-state index contributed by atoms with van der Waals surface area (Å²) in [6, 6.07) is 5.65. The summed E-state index contributed by atoms with van der Waals surface area (Å²) < 4.78 is 19.7. The third kappa shape index (κ3) is 9.91. The van der Waals surface area contributed by atoms with E-state index in [1.165, 1.54) is 109 Å². The topological polar surface area (TPSA) is 4.93 Å². The molecule has 3 heterocycles. The normalized spacial score (nSPS) is 12.8. The van der Waals surface area contributed by atoms with Gasteiger partial charge < -0.3 is 0 Å². The maximum atomic E-state index is 2.87. The monoisotopic (exact) mass is 843 g/mol. The number of thiophene rings is 2. The molecule has 0 radical (unpaired) electrons. The van der Waals surface area contributed by atoms with Crippen LogP contribution in [0.2, 0.25) is 26.6 Å². The molecule has 0 aliphatic heterocycles. The first kappa shape index (κ1) is 38.2. The number of fused-ring (bicyclic) bond motifs is 3. The van der Waals surface area contributed by atoms with Crippen molar-refractivity contribution in [3.05, 3.63) is 12.1 Å². The molecule has 43 heavy (non-hydrogen) atoms. The molecule has 0 unspecified atom stereocenters. The van der Waals surface area contributed by atoms with Gasteiger partial charge in [-0.3, -0.25) is 0 Å². The van der Waals surface area contributed by atoms with E-state index >= 15 is 0 Å². The molecule has 0 fully saturated rings. The zero-order chi connectivity index (χ0) is 31.1. The predicted molar refractivity (Wildman–Crippen MR) is 208 cm³/mol. The second-order valence-corrected chi connectivity index (χ2v) is 44.5. The van der Waals surface area contributed by atoms with Gasteiger partial charge in [-0.1, -0.05) is 0 Å².